The first-order valence-electron chi connectivity index (χ1n) is 11.6. The van der Waals surface area contributed by atoms with Crippen LogP contribution in [-0.2, 0) is 17.9 Å². The van der Waals surface area contributed by atoms with E-state index in [1.807, 2.05) is 28.8 Å². The molecule has 0 unspecified atom stereocenters. The number of primary amides is 1. The van der Waals surface area contributed by atoms with Gasteiger partial charge in [0.05, 0.1) is 12.5 Å². The van der Waals surface area contributed by atoms with Gasteiger partial charge in [0.15, 0.2) is 5.76 Å². The Balaban J connectivity index is 1.45. The van der Waals surface area contributed by atoms with Crippen LogP contribution in [-0.4, -0.2) is 33.6 Å². The van der Waals surface area contributed by atoms with Gasteiger partial charge >= 0.3 is 0 Å². The number of piperidine rings is 1. The third-order valence-corrected chi connectivity index (χ3v) is 7.40. The zero-order valence-corrected chi connectivity index (χ0v) is 20.6. The van der Waals surface area contributed by atoms with Gasteiger partial charge in [0, 0.05) is 54.3 Å². The number of hydrogen-bond acceptors (Lipinski definition) is 6. The summed E-state index contributed by atoms with van der Waals surface area (Å²) in [6.45, 7) is 2.56. The SMILES string of the molecule is NC(=O)C[C@@H](c1cccc(Br)c1)c1oc(CN2C[C@H]3C[C@@H](C2)c2cccc(=O)n2C3)cc(=O)c1O. The summed E-state index contributed by atoms with van der Waals surface area (Å²) < 4.78 is 8.76. The molecule has 8 nitrogen and oxygen atoms in total. The predicted molar refractivity (Wildman–Crippen MR) is 133 cm³/mol. The number of pyridine rings is 1. The van der Waals surface area contributed by atoms with E-state index in [-0.39, 0.29) is 23.7 Å². The van der Waals surface area contributed by atoms with Crippen molar-refractivity contribution in [1.29, 1.82) is 0 Å². The molecule has 0 saturated carbocycles. The second-order valence-electron chi connectivity index (χ2n) is 9.46. The van der Waals surface area contributed by atoms with Crippen LogP contribution in [0.5, 0.6) is 5.75 Å². The van der Waals surface area contributed by atoms with Crippen LogP contribution in [0.1, 0.15) is 47.5 Å². The number of likely N-dealkylation sites (tertiary alicyclic amines) is 1. The highest BCUT2D eigenvalue weighted by Gasteiger charge is 2.35. The van der Waals surface area contributed by atoms with Crippen LogP contribution in [0.25, 0.3) is 0 Å². The van der Waals surface area contributed by atoms with Crippen LogP contribution in [0.3, 0.4) is 0 Å². The molecule has 9 heteroatoms. The summed E-state index contributed by atoms with van der Waals surface area (Å²) >= 11 is 3.42. The Morgan fingerprint density at radius 3 is 2.71 bits per heavy atom. The summed E-state index contributed by atoms with van der Waals surface area (Å²) in [6.07, 6.45) is 0.907. The molecule has 35 heavy (non-hydrogen) atoms. The average Bonchev–Trinajstić information content (AvgIpc) is 2.80. The van der Waals surface area contributed by atoms with Crippen molar-refractivity contribution in [2.75, 3.05) is 13.1 Å². The molecule has 2 bridgehead atoms. The van der Waals surface area contributed by atoms with Gasteiger partial charge in [-0.2, -0.15) is 0 Å². The number of aromatic nitrogens is 1. The molecule has 5 rings (SSSR count). The van der Waals surface area contributed by atoms with E-state index in [4.69, 9.17) is 10.2 Å². The van der Waals surface area contributed by atoms with E-state index in [2.05, 4.69) is 20.8 Å². The summed E-state index contributed by atoms with van der Waals surface area (Å²) in [4.78, 5) is 39.1. The first kappa shape index (κ1) is 23.6. The molecule has 1 amide bonds. The van der Waals surface area contributed by atoms with Crippen molar-refractivity contribution in [3.63, 3.8) is 0 Å². The first-order valence-corrected chi connectivity index (χ1v) is 12.4. The molecule has 0 spiro atoms. The molecule has 2 aliphatic rings. The fourth-order valence-electron chi connectivity index (χ4n) is 5.50. The van der Waals surface area contributed by atoms with Crippen LogP contribution < -0.4 is 16.7 Å². The minimum absolute atomic E-state index is 0.0351. The van der Waals surface area contributed by atoms with Crippen LogP contribution in [0.2, 0.25) is 0 Å². The normalized spacial score (nSPS) is 20.3. The molecular weight excluding hydrogens is 514 g/mol. The van der Waals surface area contributed by atoms with E-state index >= 15 is 0 Å². The van der Waals surface area contributed by atoms with E-state index < -0.39 is 23.0 Å². The predicted octanol–water partition coefficient (Wildman–Crippen LogP) is 2.90. The molecule has 3 aromatic rings. The van der Waals surface area contributed by atoms with Gasteiger partial charge in [-0.1, -0.05) is 34.1 Å². The van der Waals surface area contributed by atoms with Crippen molar-refractivity contribution in [2.24, 2.45) is 11.7 Å². The van der Waals surface area contributed by atoms with Crippen LogP contribution in [0, 0.1) is 5.92 Å². The first-order chi connectivity index (χ1) is 16.8. The van der Waals surface area contributed by atoms with Crippen molar-refractivity contribution >= 4 is 21.8 Å². The molecule has 1 fully saturated rings. The summed E-state index contributed by atoms with van der Waals surface area (Å²) in [5.74, 6) is -0.768. The molecule has 2 aromatic heterocycles. The number of fused-ring (bicyclic) bond motifs is 4. The van der Waals surface area contributed by atoms with E-state index in [1.54, 1.807) is 18.2 Å². The number of carbonyl (C=O) groups excluding carboxylic acids is 1. The van der Waals surface area contributed by atoms with E-state index in [1.165, 1.54) is 6.07 Å². The number of carbonyl (C=O) groups is 1. The van der Waals surface area contributed by atoms with E-state index in [9.17, 15) is 19.5 Å². The monoisotopic (exact) mass is 539 g/mol. The van der Waals surface area contributed by atoms with Crippen molar-refractivity contribution in [3.05, 3.63) is 96.4 Å². The largest absolute Gasteiger partial charge is 0.502 e. The lowest BCUT2D eigenvalue weighted by atomic mass is 9.83. The zero-order chi connectivity index (χ0) is 24.7. The van der Waals surface area contributed by atoms with Crippen LogP contribution in [0.4, 0.5) is 0 Å². The molecular formula is C26H26BrN3O5. The second-order valence-corrected chi connectivity index (χ2v) is 10.4. The topological polar surface area (TPSA) is 119 Å². The Morgan fingerprint density at radius 2 is 1.94 bits per heavy atom. The number of amides is 1. The molecule has 0 radical (unpaired) electrons. The summed E-state index contributed by atoms with van der Waals surface area (Å²) in [6, 6.07) is 14.0. The van der Waals surface area contributed by atoms with Crippen molar-refractivity contribution < 1.29 is 14.3 Å². The molecule has 0 aliphatic carbocycles. The lowest BCUT2D eigenvalue weighted by Gasteiger charge is -2.42. The Kier molecular flexibility index (Phi) is 6.37. The maximum Gasteiger partial charge on any atom is 0.250 e. The second kappa shape index (κ2) is 9.47. The lowest BCUT2D eigenvalue weighted by Crippen LogP contribution is -2.46. The van der Waals surface area contributed by atoms with Crippen LogP contribution in [0.15, 0.2) is 67.0 Å². The maximum atomic E-state index is 12.7. The number of halogens is 1. The lowest BCUT2D eigenvalue weighted by molar-refractivity contribution is -0.118. The fraction of sp³-hybridized carbons (Fsp3) is 0.346. The molecule has 3 N–H and O–H groups in total. The Bertz CT molecular complexity index is 1400. The van der Waals surface area contributed by atoms with Crippen LogP contribution >= 0.6 is 15.9 Å². The summed E-state index contributed by atoms with van der Waals surface area (Å²) in [5.41, 5.74) is 6.72. The molecule has 3 atom stereocenters. The van der Waals surface area contributed by atoms with E-state index in [0.717, 1.165) is 29.7 Å². The molecule has 2 aliphatic heterocycles. The number of hydrogen-bond donors (Lipinski definition) is 2. The summed E-state index contributed by atoms with van der Waals surface area (Å²) in [7, 11) is 0. The Hall–Kier alpha value is -3.17. The Labute approximate surface area is 210 Å². The molecule has 1 saturated heterocycles. The third kappa shape index (κ3) is 4.83. The molecule has 1 aromatic carbocycles. The molecule has 4 heterocycles. The third-order valence-electron chi connectivity index (χ3n) is 6.91. The van der Waals surface area contributed by atoms with Gasteiger partial charge in [-0.15, -0.1) is 0 Å². The average molecular weight is 540 g/mol. The number of benzene rings is 1. The van der Waals surface area contributed by atoms with Gasteiger partial charge in [-0.3, -0.25) is 19.3 Å². The number of nitrogens with zero attached hydrogens (tertiary/aromatic N) is 2. The standard InChI is InChI=1S/C26H26BrN3O5/c27-18-4-1-3-16(8-18)20(10-23(28)32)26-25(34)22(31)9-19(35-26)14-29-11-15-7-17(13-29)21-5-2-6-24(33)30(21)12-15/h1-6,8-9,15,17,20,34H,7,10-14H2,(H2,28,32)/t15-,17+,20+/m1/s1. The molecule has 182 valence electrons. The summed E-state index contributed by atoms with van der Waals surface area (Å²) in [5, 5.41) is 10.6. The minimum Gasteiger partial charge on any atom is -0.502 e. The smallest absolute Gasteiger partial charge is 0.250 e. The number of rotatable bonds is 6. The highest BCUT2D eigenvalue weighted by Crippen LogP contribution is 2.37. The fourth-order valence-corrected chi connectivity index (χ4v) is 5.92. The van der Waals surface area contributed by atoms with Gasteiger partial charge < -0.3 is 19.8 Å². The highest BCUT2D eigenvalue weighted by molar-refractivity contribution is 9.10. The van der Waals surface area contributed by atoms with Gasteiger partial charge in [-0.25, -0.2) is 0 Å². The van der Waals surface area contributed by atoms with Gasteiger partial charge in [0.1, 0.15) is 5.76 Å². The van der Waals surface area contributed by atoms with E-state index in [0.29, 0.717) is 30.3 Å². The zero-order valence-electron chi connectivity index (χ0n) is 19.0. The van der Waals surface area contributed by atoms with Gasteiger partial charge in [0.2, 0.25) is 17.1 Å². The van der Waals surface area contributed by atoms with Crippen molar-refractivity contribution in [1.82, 2.24) is 9.47 Å². The van der Waals surface area contributed by atoms with Crippen molar-refractivity contribution in [3.8, 4) is 5.75 Å². The number of nitrogens with two attached hydrogens (primary N) is 1. The van der Waals surface area contributed by atoms with Gasteiger partial charge in [-0.05, 0) is 36.1 Å². The minimum atomic E-state index is -0.697. The Morgan fingerprint density at radius 1 is 1.14 bits per heavy atom. The van der Waals surface area contributed by atoms with Crippen molar-refractivity contribution in [2.45, 2.75) is 37.8 Å². The quantitative estimate of drug-likeness (QED) is 0.497. The number of aromatic hydroxyl groups is 1. The highest BCUT2D eigenvalue weighted by atomic mass is 79.9. The van der Waals surface area contributed by atoms with Gasteiger partial charge in [0.25, 0.3) is 5.56 Å². The maximum absolute atomic E-state index is 12.7.